The molecule has 0 aliphatic carbocycles. The van der Waals surface area contributed by atoms with Crippen molar-refractivity contribution in [3.8, 4) is 0 Å². The van der Waals surface area contributed by atoms with Gasteiger partial charge in [-0.3, -0.25) is 9.89 Å². The third kappa shape index (κ3) is 3.18. The van der Waals surface area contributed by atoms with Gasteiger partial charge in [0, 0.05) is 5.41 Å². The normalized spacial score (nSPS) is 18.6. The van der Waals surface area contributed by atoms with Crippen molar-refractivity contribution in [3.63, 3.8) is 0 Å². The van der Waals surface area contributed by atoms with Gasteiger partial charge >= 0.3 is 0 Å². The molecule has 8 nitrogen and oxygen atoms in total. The number of fused-ring (bicyclic) bond motifs is 1. The second-order valence-corrected chi connectivity index (χ2v) is 7.81. The lowest BCUT2D eigenvalue weighted by Gasteiger charge is -2.07. The van der Waals surface area contributed by atoms with Crippen molar-refractivity contribution in [1.29, 1.82) is 0 Å². The van der Waals surface area contributed by atoms with Gasteiger partial charge in [-0.05, 0) is 24.3 Å². The Bertz CT molecular complexity index is 1080. The molecule has 1 amide bonds. The molecule has 4 rings (SSSR count). The number of aromatic amines is 1. The second kappa shape index (κ2) is 5.85. The fraction of sp³-hybridized carbons (Fsp3) is 0.188. The number of H-pyrrole nitrogens is 1. The van der Waals surface area contributed by atoms with Crippen molar-refractivity contribution in [2.45, 2.75) is 12.6 Å². The van der Waals surface area contributed by atoms with Gasteiger partial charge in [-0.1, -0.05) is 12.1 Å². The van der Waals surface area contributed by atoms with Gasteiger partial charge in [0.15, 0.2) is 9.84 Å². The van der Waals surface area contributed by atoms with Crippen molar-refractivity contribution in [2.75, 3.05) is 5.75 Å². The van der Waals surface area contributed by atoms with Gasteiger partial charge in [0.25, 0.3) is 5.91 Å². The monoisotopic (exact) mass is 357 g/mol. The number of benzene rings is 1. The maximum atomic E-state index is 12.2. The molecule has 0 radical (unpaired) electrons. The average Bonchev–Trinajstić information content (AvgIpc) is 3.28. The highest BCUT2D eigenvalue weighted by molar-refractivity contribution is 7.94. The van der Waals surface area contributed by atoms with Crippen molar-refractivity contribution in [3.05, 3.63) is 59.5 Å². The maximum Gasteiger partial charge on any atom is 0.272 e. The molecule has 2 N–H and O–H groups in total. The van der Waals surface area contributed by atoms with E-state index in [2.05, 4.69) is 20.5 Å². The first-order valence-corrected chi connectivity index (χ1v) is 9.38. The summed E-state index contributed by atoms with van der Waals surface area (Å²) in [6.45, 7) is 0.499. The van der Waals surface area contributed by atoms with Crippen LogP contribution in [0.1, 0.15) is 16.2 Å². The molecule has 0 saturated heterocycles. The molecule has 1 aromatic carbocycles. The van der Waals surface area contributed by atoms with Crippen molar-refractivity contribution >= 4 is 26.8 Å². The molecule has 3 aromatic rings. The molecule has 1 aliphatic rings. The summed E-state index contributed by atoms with van der Waals surface area (Å²) >= 11 is 0. The SMILES string of the molecule is O=C(N[C@@H]1C=CS(=O)(=O)C1)c1cc(Cn2cnc3ccccc32)[nH]n1. The molecule has 128 valence electrons. The summed E-state index contributed by atoms with van der Waals surface area (Å²) in [4.78, 5) is 16.5. The summed E-state index contributed by atoms with van der Waals surface area (Å²) in [7, 11) is -3.21. The van der Waals surface area contributed by atoms with Crippen LogP contribution in [0, 0.1) is 0 Å². The summed E-state index contributed by atoms with van der Waals surface area (Å²) < 4.78 is 24.7. The molecule has 0 saturated carbocycles. The number of nitrogens with zero attached hydrogens (tertiary/aromatic N) is 3. The first-order chi connectivity index (χ1) is 12.0. The summed E-state index contributed by atoms with van der Waals surface area (Å²) in [6.07, 6.45) is 3.21. The third-order valence-electron chi connectivity index (χ3n) is 3.98. The van der Waals surface area contributed by atoms with Crippen molar-refractivity contribution in [2.24, 2.45) is 0 Å². The minimum absolute atomic E-state index is 0.114. The Morgan fingerprint density at radius 2 is 2.20 bits per heavy atom. The zero-order valence-electron chi connectivity index (χ0n) is 13.1. The van der Waals surface area contributed by atoms with E-state index in [0.29, 0.717) is 6.54 Å². The number of carbonyl (C=O) groups excluding carboxylic acids is 1. The van der Waals surface area contributed by atoms with E-state index in [1.165, 1.54) is 6.08 Å². The van der Waals surface area contributed by atoms with Crippen LogP contribution in [-0.2, 0) is 16.4 Å². The van der Waals surface area contributed by atoms with Crippen LogP contribution in [0.2, 0.25) is 0 Å². The molecule has 9 heteroatoms. The number of para-hydroxylation sites is 2. The number of hydrogen-bond acceptors (Lipinski definition) is 5. The molecule has 0 bridgehead atoms. The first-order valence-electron chi connectivity index (χ1n) is 7.66. The Kier molecular flexibility index (Phi) is 3.65. The summed E-state index contributed by atoms with van der Waals surface area (Å²) in [5, 5.41) is 10.6. The predicted molar refractivity (Wildman–Crippen MR) is 91.6 cm³/mol. The van der Waals surface area contributed by atoms with E-state index in [1.54, 1.807) is 12.4 Å². The van der Waals surface area contributed by atoms with E-state index in [4.69, 9.17) is 0 Å². The quantitative estimate of drug-likeness (QED) is 0.719. The Morgan fingerprint density at radius 3 is 3.00 bits per heavy atom. The topological polar surface area (TPSA) is 110 Å². The zero-order valence-corrected chi connectivity index (χ0v) is 13.9. The largest absolute Gasteiger partial charge is 0.343 e. The Labute approximate surface area is 143 Å². The molecular formula is C16H15N5O3S. The van der Waals surface area contributed by atoms with Gasteiger partial charge in [-0.15, -0.1) is 0 Å². The summed E-state index contributed by atoms with van der Waals surface area (Å²) in [5.41, 5.74) is 2.86. The fourth-order valence-electron chi connectivity index (χ4n) is 2.79. The molecule has 0 unspecified atom stereocenters. The Balaban J connectivity index is 1.47. The molecule has 0 spiro atoms. The lowest BCUT2D eigenvalue weighted by Crippen LogP contribution is -2.35. The van der Waals surface area contributed by atoms with Gasteiger partial charge < -0.3 is 9.88 Å². The smallest absolute Gasteiger partial charge is 0.272 e. The number of hydrogen-bond donors (Lipinski definition) is 2. The van der Waals surface area contributed by atoms with E-state index < -0.39 is 21.8 Å². The van der Waals surface area contributed by atoms with Crippen LogP contribution < -0.4 is 5.32 Å². The Morgan fingerprint density at radius 1 is 1.36 bits per heavy atom. The standard InChI is InChI=1S/C16H15N5O3S/c22-16(18-11-5-6-25(23,24)9-11)14-7-12(19-20-14)8-21-10-17-13-3-1-2-4-15(13)21/h1-7,10-11H,8-9H2,(H,18,22)(H,19,20)/t11-/m1/s1. The van der Waals surface area contributed by atoms with Crippen LogP contribution >= 0.6 is 0 Å². The van der Waals surface area contributed by atoms with Gasteiger partial charge in [-0.25, -0.2) is 13.4 Å². The Hall–Kier alpha value is -2.94. The third-order valence-corrected chi connectivity index (χ3v) is 5.37. The predicted octanol–water partition coefficient (Wildman–Crippen LogP) is 0.848. The van der Waals surface area contributed by atoms with E-state index in [0.717, 1.165) is 22.1 Å². The van der Waals surface area contributed by atoms with E-state index in [9.17, 15) is 13.2 Å². The highest BCUT2D eigenvalue weighted by atomic mass is 32.2. The highest BCUT2D eigenvalue weighted by Gasteiger charge is 2.24. The van der Waals surface area contributed by atoms with Crippen molar-refractivity contribution in [1.82, 2.24) is 25.1 Å². The number of amides is 1. The van der Waals surface area contributed by atoms with Crippen molar-refractivity contribution < 1.29 is 13.2 Å². The number of imidazole rings is 1. The molecule has 1 atom stereocenters. The van der Waals surface area contributed by atoms with Crippen LogP contribution in [0.3, 0.4) is 0 Å². The van der Waals surface area contributed by atoms with E-state index >= 15 is 0 Å². The lowest BCUT2D eigenvalue weighted by atomic mass is 10.3. The van der Waals surface area contributed by atoms with Crippen LogP contribution in [-0.4, -0.2) is 45.9 Å². The number of carbonyl (C=O) groups is 1. The van der Waals surface area contributed by atoms with Gasteiger partial charge in [0.2, 0.25) is 0 Å². The molecule has 2 aromatic heterocycles. The second-order valence-electron chi connectivity index (χ2n) is 5.88. The fourth-order valence-corrected chi connectivity index (χ4v) is 4.02. The minimum Gasteiger partial charge on any atom is -0.343 e. The number of nitrogens with one attached hydrogen (secondary N) is 2. The number of sulfone groups is 1. The maximum absolute atomic E-state index is 12.2. The van der Waals surface area contributed by atoms with Crippen LogP contribution in [0.25, 0.3) is 11.0 Å². The van der Waals surface area contributed by atoms with E-state index in [1.807, 2.05) is 28.8 Å². The number of rotatable bonds is 4. The zero-order chi connectivity index (χ0) is 17.4. The molecule has 3 heterocycles. The molecule has 0 fully saturated rings. The summed E-state index contributed by atoms with van der Waals surface area (Å²) in [5.74, 6) is -0.526. The number of aromatic nitrogens is 4. The van der Waals surface area contributed by atoms with E-state index in [-0.39, 0.29) is 11.4 Å². The lowest BCUT2D eigenvalue weighted by molar-refractivity contribution is 0.0942. The average molecular weight is 357 g/mol. The first kappa shape index (κ1) is 15.6. The van der Waals surface area contributed by atoms with Crippen LogP contribution in [0.4, 0.5) is 0 Å². The van der Waals surface area contributed by atoms with Gasteiger partial charge in [-0.2, -0.15) is 5.10 Å². The van der Waals surface area contributed by atoms with Crippen LogP contribution in [0.15, 0.2) is 48.1 Å². The minimum atomic E-state index is -3.21. The summed E-state index contributed by atoms with van der Waals surface area (Å²) in [6, 6.07) is 8.90. The van der Waals surface area contributed by atoms with Gasteiger partial charge in [0.05, 0.1) is 41.4 Å². The van der Waals surface area contributed by atoms with Gasteiger partial charge in [0.1, 0.15) is 5.69 Å². The molecule has 25 heavy (non-hydrogen) atoms. The molecule has 1 aliphatic heterocycles. The van der Waals surface area contributed by atoms with Crippen LogP contribution in [0.5, 0.6) is 0 Å². The highest BCUT2D eigenvalue weighted by Crippen LogP contribution is 2.14. The molecular weight excluding hydrogens is 342 g/mol.